The van der Waals surface area contributed by atoms with E-state index in [1.165, 1.54) is 5.56 Å². The molecule has 0 radical (unpaired) electrons. The zero-order chi connectivity index (χ0) is 12.4. The maximum atomic E-state index is 6.32. The van der Waals surface area contributed by atoms with Crippen LogP contribution >= 0.6 is 0 Å². The number of aryl methyl sites for hydroxylation is 1. The zero-order valence-electron chi connectivity index (χ0n) is 10.9. The summed E-state index contributed by atoms with van der Waals surface area (Å²) < 4.78 is 6.32. The zero-order valence-corrected chi connectivity index (χ0v) is 10.9. The number of likely N-dealkylation sites (tertiary alicyclic amines) is 1. The summed E-state index contributed by atoms with van der Waals surface area (Å²) >= 11 is 0. The predicted octanol–water partition coefficient (Wildman–Crippen LogP) is 1.80. The molecule has 18 heavy (non-hydrogen) atoms. The normalized spacial score (nSPS) is 27.2. The molecule has 3 rings (SSSR count). The third-order valence-electron chi connectivity index (χ3n) is 4.22. The molecule has 1 spiro atoms. The molecule has 2 heterocycles. The number of hydrogen-bond acceptors (Lipinski definition) is 3. The molecular formula is C15H22N2O. The van der Waals surface area contributed by atoms with Gasteiger partial charge in [-0.3, -0.25) is 4.90 Å². The van der Waals surface area contributed by atoms with Gasteiger partial charge >= 0.3 is 0 Å². The van der Waals surface area contributed by atoms with Crippen molar-refractivity contribution in [2.75, 3.05) is 26.2 Å². The largest absolute Gasteiger partial charge is 0.486 e. The molecule has 1 atom stereocenters. The predicted molar refractivity (Wildman–Crippen MR) is 72.9 cm³/mol. The Labute approximate surface area is 109 Å². The molecule has 2 aliphatic rings. The van der Waals surface area contributed by atoms with Crippen molar-refractivity contribution >= 4 is 0 Å². The van der Waals surface area contributed by atoms with E-state index in [0.717, 1.165) is 57.6 Å². The van der Waals surface area contributed by atoms with Crippen LogP contribution in [-0.4, -0.2) is 36.7 Å². The second kappa shape index (κ2) is 4.90. The van der Waals surface area contributed by atoms with Crippen molar-refractivity contribution < 1.29 is 4.74 Å². The van der Waals surface area contributed by atoms with Crippen LogP contribution in [0, 0.1) is 0 Å². The Bertz CT molecular complexity index is 421. The van der Waals surface area contributed by atoms with Crippen LogP contribution in [0.3, 0.4) is 0 Å². The van der Waals surface area contributed by atoms with Gasteiger partial charge in [-0.05, 0) is 44.0 Å². The Morgan fingerprint density at radius 3 is 3.06 bits per heavy atom. The van der Waals surface area contributed by atoms with E-state index in [9.17, 15) is 0 Å². The average Bonchev–Trinajstić information content (AvgIpc) is 2.79. The van der Waals surface area contributed by atoms with Crippen LogP contribution in [0.15, 0.2) is 24.3 Å². The third-order valence-corrected chi connectivity index (χ3v) is 4.22. The van der Waals surface area contributed by atoms with Crippen LogP contribution < -0.4 is 10.5 Å². The number of benzene rings is 1. The number of para-hydroxylation sites is 1. The van der Waals surface area contributed by atoms with Gasteiger partial charge in [0.15, 0.2) is 0 Å². The summed E-state index contributed by atoms with van der Waals surface area (Å²) in [5.41, 5.74) is 7.02. The number of nitrogens with two attached hydrogens (primary N) is 1. The Balaban J connectivity index is 1.68. The molecule has 1 fully saturated rings. The number of rotatable bonds is 3. The van der Waals surface area contributed by atoms with E-state index in [2.05, 4.69) is 29.2 Å². The quantitative estimate of drug-likeness (QED) is 0.884. The molecule has 1 aromatic carbocycles. The molecule has 0 bridgehead atoms. The minimum Gasteiger partial charge on any atom is -0.486 e. The highest BCUT2D eigenvalue weighted by Crippen LogP contribution is 2.38. The van der Waals surface area contributed by atoms with Gasteiger partial charge in [0.05, 0.1) is 0 Å². The third kappa shape index (κ3) is 2.25. The molecule has 0 saturated carbocycles. The van der Waals surface area contributed by atoms with E-state index >= 15 is 0 Å². The fourth-order valence-corrected chi connectivity index (χ4v) is 3.18. The summed E-state index contributed by atoms with van der Waals surface area (Å²) in [4.78, 5) is 2.50. The molecule has 1 aromatic rings. The van der Waals surface area contributed by atoms with Gasteiger partial charge in [-0.1, -0.05) is 18.2 Å². The lowest BCUT2D eigenvalue weighted by Gasteiger charge is -2.35. The van der Waals surface area contributed by atoms with Gasteiger partial charge in [0, 0.05) is 19.5 Å². The summed E-state index contributed by atoms with van der Waals surface area (Å²) in [7, 11) is 0. The van der Waals surface area contributed by atoms with Gasteiger partial charge in [0.2, 0.25) is 0 Å². The Morgan fingerprint density at radius 1 is 1.28 bits per heavy atom. The monoisotopic (exact) mass is 246 g/mol. The van der Waals surface area contributed by atoms with Crippen LogP contribution in [0.5, 0.6) is 5.75 Å². The summed E-state index contributed by atoms with van der Waals surface area (Å²) in [5.74, 6) is 1.10. The van der Waals surface area contributed by atoms with Crippen LogP contribution in [0.1, 0.15) is 24.8 Å². The molecular weight excluding hydrogens is 224 g/mol. The molecule has 1 unspecified atom stereocenters. The van der Waals surface area contributed by atoms with Gasteiger partial charge in [-0.25, -0.2) is 0 Å². The molecule has 0 amide bonds. The molecule has 1 saturated heterocycles. The van der Waals surface area contributed by atoms with E-state index in [1.54, 1.807) is 0 Å². The van der Waals surface area contributed by atoms with Crippen LogP contribution in [0.25, 0.3) is 0 Å². The first kappa shape index (κ1) is 12.0. The Morgan fingerprint density at radius 2 is 2.17 bits per heavy atom. The smallest absolute Gasteiger partial charge is 0.123 e. The molecule has 98 valence electrons. The minimum absolute atomic E-state index is 0.0724. The molecule has 2 N–H and O–H groups in total. The number of nitrogens with zero attached hydrogens (tertiary/aromatic N) is 1. The Hall–Kier alpha value is -1.06. The first-order chi connectivity index (χ1) is 8.81. The lowest BCUT2D eigenvalue weighted by atomic mass is 9.90. The highest BCUT2D eigenvalue weighted by atomic mass is 16.5. The second-order valence-corrected chi connectivity index (χ2v) is 5.56. The fraction of sp³-hybridized carbons (Fsp3) is 0.600. The fourth-order valence-electron chi connectivity index (χ4n) is 3.18. The average molecular weight is 246 g/mol. The summed E-state index contributed by atoms with van der Waals surface area (Å²) in [6.45, 7) is 4.12. The van der Waals surface area contributed by atoms with Gasteiger partial charge < -0.3 is 10.5 Å². The van der Waals surface area contributed by atoms with E-state index < -0.39 is 0 Å². The highest BCUT2D eigenvalue weighted by Gasteiger charge is 2.42. The number of hydrogen-bond donors (Lipinski definition) is 1. The standard InChI is InChI=1S/C15H22N2O/c16-9-3-10-17-11-8-15(12-17)7-6-13-4-1-2-5-14(13)18-15/h1-2,4-5H,3,6-12,16H2. The Kier molecular flexibility index (Phi) is 3.27. The highest BCUT2D eigenvalue weighted by molar-refractivity contribution is 5.36. The molecule has 0 aromatic heterocycles. The van der Waals surface area contributed by atoms with Crippen molar-refractivity contribution in [2.24, 2.45) is 5.73 Å². The van der Waals surface area contributed by atoms with Crippen LogP contribution in [0.2, 0.25) is 0 Å². The van der Waals surface area contributed by atoms with Gasteiger partial charge in [-0.15, -0.1) is 0 Å². The topological polar surface area (TPSA) is 38.5 Å². The second-order valence-electron chi connectivity index (χ2n) is 5.56. The van der Waals surface area contributed by atoms with E-state index in [4.69, 9.17) is 10.5 Å². The molecule has 2 aliphatic heterocycles. The van der Waals surface area contributed by atoms with Crippen molar-refractivity contribution in [3.8, 4) is 5.75 Å². The van der Waals surface area contributed by atoms with Crippen LogP contribution in [-0.2, 0) is 6.42 Å². The lowest BCUT2D eigenvalue weighted by molar-refractivity contribution is 0.0545. The van der Waals surface area contributed by atoms with Crippen molar-refractivity contribution in [3.05, 3.63) is 29.8 Å². The van der Waals surface area contributed by atoms with Gasteiger partial charge in [0.25, 0.3) is 0 Å². The lowest BCUT2D eigenvalue weighted by Crippen LogP contribution is -2.42. The molecule has 0 aliphatic carbocycles. The SMILES string of the molecule is NCCCN1CCC2(CCc3ccccc3O2)C1. The van der Waals surface area contributed by atoms with E-state index in [-0.39, 0.29) is 5.60 Å². The maximum absolute atomic E-state index is 6.32. The maximum Gasteiger partial charge on any atom is 0.123 e. The summed E-state index contributed by atoms with van der Waals surface area (Å²) in [6.07, 6.45) is 4.56. The summed E-state index contributed by atoms with van der Waals surface area (Å²) in [6, 6.07) is 8.46. The summed E-state index contributed by atoms with van der Waals surface area (Å²) in [5, 5.41) is 0. The van der Waals surface area contributed by atoms with Crippen molar-refractivity contribution in [2.45, 2.75) is 31.3 Å². The van der Waals surface area contributed by atoms with Crippen molar-refractivity contribution in [1.29, 1.82) is 0 Å². The number of ether oxygens (including phenoxy) is 1. The van der Waals surface area contributed by atoms with Gasteiger partial charge in [-0.2, -0.15) is 0 Å². The first-order valence-corrected chi connectivity index (χ1v) is 7.01. The number of fused-ring (bicyclic) bond motifs is 1. The van der Waals surface area contributed by atoms with Crippen molar-refractivity contribution in [3.63, 3.8) is 0 Å². The first-order valence-electron chi connectivity index (χ1n) is 7.01. The van der Waals surface area contributed by atoms with Crippen LogP contribution in [0.4, 0.5) is 0 Å². The van der Waals surface area contributed by atoms with Crippen molar-refractivity contribution in [1.82, 2.24) is 4.90 Å². The molecule has 3 nitrogen and oxygen atoms in total. The minimum atomic E-state index is 0.0724. The molecule has 3 heteroatoms. The van der Waals surface area contributed by atoms with Gasteiger partial charge in [0.1, 0.15) is 11.4 Å². The van der Waals surface area contributed by atoms with E-state index in [0.29, 0.717) is 0 Å². The van der Waals surface area contributed by atoms with E-state index in [1.807, 2.05) is 0 Å².